The third kappa shape index (κ3) is 3.15. The van der Waals surface area contributed by atoms with E-state index in [1.807, 2.05) is 0 Å². The molecule has 0 spiro atoms. The molecule has 0 atom stereocenters. The van der Waals surface area contributed by atoms with Gasteiger partial charge in [0.2, 0.25) is 0 Å². The van der Waals surface area contributed by atoms with Gasteiger partial charge in [0.05, 0.1) is 10.0 Å². The van der Waals surface area contributed by atoms with Crippen LogP contribution in [0.3, 0.4) is 0 Å². The van der Waals surface area contributed by atoms with E-state index in [4.69, 9.17) is 5.73 Å². The summed E-state index contributed by atoms with van der Waals surface area (Å²) in [7, 11) is 0. The van der Waals surface area contributed by atoms with Gasteiger partial charge in [-0.3, -0.25) is 0 Å². The molecule has 1 aromatic carbocycles. The molecule has 0 amide bonds. The number of nitrogens with two attached hydrogens (primary N) is 1. The fraction of sp³-hybridized carbons (Fsp3) is 0.250. The van der Waals surface area contributed by atoms with E-state index in [9.17, 15) is 17.6 Å². The van der Waals surface area contributed by atoms with Crippen molar-refractivity contribution >= 4 is 21.6 Å². The van der Waals surface area contributed by atoms with E-state index in [0.29, 0.717) is 18.0 Å². The lowest BCUT2D eigenvalue weighted by atomic mass is 10.0. The number of halogens is 5. The second kappa shape index (κ2) is 4.96. The van der Waals surface area contributed by atoms with Gasteiger partial charge in [0.1, 0.15) is 11.6 Å². The fourth-order valence-electron chi connectivity index (χ4n) is 1.80. The van der Waals surface area contributed by atoms with Gasteiger partial charge in [-0.2, -0.15) is 13.2 Å². The van der Waals surface area contributed by atoms with Crippen LogP contribution < -0.4 is 5.73 Å². The molecule has 2 rings (SSSR count). The second-order valence-corrected chi connectivity index (χ2v) is 4.92. The third-order valence-corrected chi connectivity index (χ3v) is 3.44. The second-order valence-electron chi connectivity index (χ2n) is 4.12. The molecule has 1 heterocycles. The highest BCUT2D eigenvalue weighted by atomic mass is 79.9. The maximum Gasteiger partial charge on any atom is 0.417 e. The molecular weight excluding hydrogens is 328 g/mol. The summed E-state index contributed by atoms with van der Waals surface area (Å²) in [5.41, 5.74) is 5.25. The van der Waals surface area contributed by atoms with Gasteiger partial charge in [-0.15, -0.1) is 0 Å². The molecule has 0 radical (unpaired) electrons. The van der Waals surface area contributed by atoms with E-state index in [2.05, 4.69) is 20.9 Å². The minimum Gasteiger partial charge on any atom is -0.384 e. The summed E-state index contributed by atoms with van der Waals surface area (Å²) in [6.45, 7) is 0. The summed E-state index contributed by atoms with van der Waals surface area (Å²) in [4.78, 5) is 3.97. The molecule has 0 fully saturated rings. The summed E-state index contributed by atoms with van der Waals surface area (Å²) >= 11 is 2.62. The molecule has 0 aromatic heterocycles. The van der Waals surface area contributed by atoms with Crippen molar-refractivity contribution in [2.75, 3.05) is 0 Å². The Morgan fingerprint density at radius 3 is 2.53 bits per heavy atom. The third-order valence-electron chi connectivity index (χ3n) is 2.64. The number of aliphatic imine (C=N–C) groups is 1. The Kier molecular flexibility index (Phi) is 3.66. The minimum absolute atomic E-state index is 0.143. The summed E-state index contributed by atoms with van der Waals surface area (Å²) in [5.74, 6) is -0.604. The highest BCUT2D eigenvalue weighted by Gasteiger charge is 2.34. The van der Waals surface area contributed by atoms with Gasteiger partial charge in [0.15, 0.2) is 0 Å². The van der Waals surface area contributed by atoms with Crippen LogP contribution in [0.2, 0.25) is 0 Å². The average Bonchev–Trinajstić information content (AvgIpc) is 2.67. The number of nitrogens with zero attached hydrogens (tertiary/aromatic N) is 1. The van der Waals surface area contributed by atoms with Crippen molar-refractivity contribution in [2.45, 2.75) is 19.0 Å². The number of allylic oxidation sites excluding steroid dienone is 1. The number of alkyl halides is 3. The zero-order chi connectivity index (χ0) is 14.2. The van der Waals surface area contributed by atoms with Gasteiger partial charge in [0, 0.05) is 18.6 Å². The minimum atomic E-state index is -4.61. The Morgan fingerprint density at radius 2 is 2.00 bits per heavy atom. The van der Waals surface area contributed by atoms with Crippen LogP contribution in [-0.2, 0) is 12.6 Å². The molecule has 102 valence electrons. The number of rotatable bonds is 2. The van der Waals surface area contributed by atoms with E-state index in [0.717, 1.165) is 12.1 Å². The summed E-state index contributed by atoms with van der Waals surface area (Å²) in [5, 5.41) is 0. The smallest absolute Gasteiger partial charge is 0.384 e. The summed E-state index contributed by atoms with van der Waals surface area (Å²) in [6.07, 6.45) is -2.32. The Bertz CT molecular complexity index is 576. The standard InChI is InChI=1S/C12H9BrF4N2/c13-11-8(12(15,16)17)4-6(5-9(11)14)3-7-1-2-10(18)19-7/h2,4-5H,1,3,18H2. The van der Waals surface area contributed by atoms with Gasteiger partial charge in [-0.05, 0) is 39.7 Å². The molecule has 0 saturated heterocycles. The molecule has 1 aromatic rings. The molecule has 0 aliphatic carbocycles. The van der Waals surface area contributed by atoms with Crippen molar-refractivity contribution in [1.29, 1.82) is 0 Å². The predicted molar refractivity (Wildman–Crippen MR) is 67.1 cm³/mol. The molecule has 0 bridgehead atoms. The molecule has 7 heteroatoms. The van der Waals surface area contributed by atoms with Crippen LogP contribution in [0.1, 0.15) is 17.5 Å². The summed E-state index contributed by atoms with van der Waals surface area (Å²) in [6, 6.07) is 1.99. The van der Waals surface area contributed by atoms with Gasteiger partial charge in [-0.25, -0.2) is 9.38 Å². The van der Waals surface area contributed by atoms with Crippen LogP contribution in [0.25, 0.3) is 0 Å². The van der Waals surface area contributed by atoms with Crippen LogP contribution in [-0.4, -0.2) is 5.71 Å². The van der Waals surface area contributed by atoms with Crippen molar-refractivity contribution in [3.8, 4) is 0 Å². The maximum absolute atomic E-state index is 13.5. The lowest BCUT2D eigenvalue weighted by molar-refractivity contribution is -0.138. The Hall–Kier alpha value is -1.37. The molecule has 1 aliphatic heterocycles. The lowest BCUT2D eigenvalue weighted by Crippen LogP contribution is -2.10. The number of hydrogen-bond donors (Lipinski definition) is 1. The van der Waals surface area contributed by atoms with Crippen molar-refractivity contribution in [2.24, 2.45) is 10.7 Å². The van der Waals surface area contributed by atoms with E-state index < -0.39 is 22.0 Å². The van der Waals surface area contributed by atoms with Gasteiger partial charge in [0.25, 0.3) is 0 Å². The van der Waals surface area contributed by atoms with Crippen LogP contribution in [0.4, 0.5) is 17.6 Å². The highest BCUT2D eigenvalue weighted by molar-refractivity contribution is 9.10. The Morgan fingerprint density at radius 1 is 1.32 bits per heavy atom. The van der Waals surface area contributed by atoms with Crippen LogP contribution in [0.5, 0.6) is 0 Å². The van der Waals surface area contributed by atoms with Crippen LogP contribution in [0.15, 0.2) is 33.5 Å². The molecule has 19 heavy (non-hydrogen) atoms. The van der Waals surface area contributed by atoms with Gasteiger partial charge in [-0.1, -0.05) is 0 Å². The fourth-order valence-corrected chi connectivity index (χ4v) is 2.25. The first-order valence-corrected chi connectivity index (χ1v) is 6.14. The largest absolute Gasteiger partial charge is 0.417 e. The van der Waals surface area contributed by atoms with Crippen molar-refractivity contribution in [3.63, 3.8) is 0 Å². The van der Waals surface area contributed by atoms with Gasteiger partial charge < -0.3 is 5.73 Å². The molecule has 2 N–H and O–H groups in total. The number of benzene rings is 1. The quantitative estimate of drug-likeness (QED) is 0.820. The first-order valence-electron chi connectivity index (χ1n) is 5.34. The van der Waals surface area contributed by atoms with E-state index in [1.165, 1.54) is 0 Å². The first kappa shape index (κ1) is 14.0. The van der Waals surface area contributed by atoms with Crippen molar-refractivity contribution in [1.82, 2.24) is 0 Å². The average molecular weight is 337 g/mol. The van der Waals surface area contributed by atoms with E-state index in [-0.39, 0.29) is 12.0 Å². The van der Waals surface area contributed by atoms with Gasteiger partial charge >= 0.3 is 6.18 Å². The Balaban J connectivity index is 2.33. The zero-order valence-electron chi connectivity index (χ0n) is 9.56. The highest BCUT2D eigenvalue weighted by Crippen LogP contribution is 2.37. The molecule has 1 aliphatic rings. The maximum atomic E-state index is 13.5. The van der Waals surface area contributed by atoms with E-state index >= 15 is 0 Å². The topological polar surface area (TPSA) is 38.4 Å². The van der Waals surface area contributed by atoms with E-state index in [1.54, 1.807) is 6.08 Å². The monoisotopic (exact) mass is 336 g/mol. The lowest BCUT2D eigenvalue weighted by Gasteiger charge is -2.12. The van der Waals surface area contributed by atoms with Crippen molar-refractivity contribution in [3.05, 3.63) is 45.4 Å². The zero-order valence-corrected chi connectivity index (χ0v) is 11.1. The SMILES string of the molecule is NC1=CCC(Cc2cc(F)c(Br)c(C(F)(F)F)c2)=N1. The number of hydrogen-bond acceptors (Lipinski definition) is 2. The molecule has 2 nitrogen and oxygen atoms in total. The molecule has 0 saturated carbocycles. The summed E-state index contributed by atoms with van der Waals surface area (Å²) < 4.78 is 51.1. The first-order chi connectivity index (χ1) is 8.77. The normalized spacial score (nSPS) is 15.4. The van der Waals surface area contributed by atoms with Crippen molar-refractivity contribution < 1.29 is 17.6 Å². The molecular formula is C12H9BrF4N2. The molecule has 0 unspecified atom stereocenters. The Labute approximate surface area is 115 Å². The van der Waals surface area contributed by atoms with Crippen LogP contribution >= 0.6 is 15.9 Å². The van der Waals surface area contributed by atoms with Crippen LogP contribution in [0, 0.1) is 5.82 Å². The predicted octanol–water partition coefficient (Wildman–Crippen LogP) is 3.79.